The van der Waals surface area contributed by atoms with E-state index in [1.54, 1.807) is 6.92 Å². The fourth-order valence-electron chi connectivity index (χ4n) is 2.43. The Morgan fingerprint density at radius 3 is 2.88 bits per heavy atom. The molecule has 1 heterocycles. The molecule has 1 aliphatic heterocycles. The van der Waals surface area contributed by atoms with Crippen molar-refractivity contribution < 1.29 is 9.90 Å². The number of amides is 1. The van der Waals surface area contributed by atoms with Crippen molar-refractivity contribution in [1.82, 2.24) is 0 Å². The fourth-order valence-corrected chi connectivity index (χ4v) is 2.43. The van der Waals surface area contributed by atoms with Crippen molar-refractivity contribution in [2.45, 2.75) is 31.9 Å². The molecule has 0 fully saturated rings. The summed E-state index contributed by atoms with van der Waals surface area (Å²) < 4.78 is 0. The van der Waals surface area contributed by atoms with Crippen LogP contribution in [0.4, 0.5) is 5.69 Å². The highest BCUT2D eigenvalue weighted by Gasteiger charge is 2.44. The van der Waals surface area contributed by atoms with Crippen LogP contribution < -0.4 is 11.1 Å². The van der Waals surface area contributed by atoms with Gasteiger partial charge in [-0.15, -0.1) is 0 Å². The molecule has 1 aliphatic rings. The highest BCUT2D eigenvalue weighted by atomic mass is 16.3. The Balaban J connectivity index is 2.33. The van der Waals surface area contributed by atoms with E-state index in [0.717, 1.165) is 11.3 Å². The number of fused-ring (bicyclic) bond motifs is 1. The number of benzene rings is 1. The first kappa shape index (κ1) is 11.9. The molecule has 1 amide bonds. The first-order valence-electron chi connectivity index (χ1n) is 5.83. The molecule has 1 aromatic carbocycles. The average Bonchev–Trinajstić information content (AvgIpc) is 2.52. The molecule has 0 saturated carbocycles. The van der Waals surface area contributed by atoms with Crippen LogP contribution in [0.15, 0.2) is 24.3 Å². The molecule has 0 bridgehead atoms. The van der Waals surface area contributed by atoms with Gasteiger partial charge in [0.05, 0.1) is 6.04 Å². The van der Waals surface area contributed by atoms with Gasteiger partial charge in [-0.05, 0) is 19.4 Å². The Hall–Kier alpha value is -1.55. The van der Waals surface area contributed by atoms with Gasteiger partial charge < -0.3 is 16.2 Å². The SMILES string of the molecule is C[C@@H]1Nc2ccccc2[C@]1(O)C[C@H](C)C(N)=O. The largest absolute Gasteiger partial charge is 0.383 e. The van der Waals surface area contributed by atoms with Crippen molar-refractivity contribution in [3.05, 3.63) is 29.8 Å². The van der Waals surface area contributed by atoms with Crippen LogP contribution in [0.3, 0.4) is 0 Å². The number of hydrogen-bond acceptors (Lipinski definition) is 3. The van der Waals surface area contributed by atoms with E-state index >= 15 is 0 Å². The first-order chi connectivity index (χ1) is 7.95. The molecule has 92 valence electrons. The summed E-state index contributed by atoms with van der Waals surface area (Å²) in [6, 6.07) is 7.50. The Morgan fingerprint density at radius 1 is 1.59 bits per heavy atom. The van der Waals surface area contributed by atoms with E-state index in [-0.39, 0.29) is 17.9 Å². The molecular weight excluding hydrogens is 216 g/mol. The van der Waals surface area contributed by atoms with E-state index in [9.17, 15) is 9.90 Å². The van der Waals surface area contributed by atoms with Crippen LogP contribution in [0.5, 0.6) is 0 Å². The normalized spacial score (nSPS) is 28.3. The maximum Gasteiger partial charge on any atom is 0.220 e. The highest BCUT2D eigenvalue weighted by Crippen LogP contribution is 2.42. The predicted octanol–water partition coefficient (Wildman–Crippen LogP) is 1.20. The number of rotatable bonds is 3. The van der Waals surface area contributed by atoms with E-state index in [1.807, 2.05) is 31.2 Å². The van der Waals surface area contributed by atoms with Crippen molar-refractivity contribution in [2.75, 3.05) is 5.32 Å². The van der Waals surface area contributed by atoms with Crippen molar-refractivity contribution in [1.29, 1.82) is 0 Å². The van der Waals surface area contributed by atoms with E-state index in [1.165, 1.54) is 0 Å². The topological polar surface area (TPSA) is 75.3 Å². The summed E-state index contributed by atoms with van der Waals surface area (Å²) in [5, 5.41) is 14.0. The van der Waals surface area contributed by atoms with Crippen molar-refractivity contribution in [2.24, 2.45) is 11.7 Å². The van der Waals surface area contributed by atoms with Gasteiger partial charge in [-0.1, -0.05) is 25.1 Å². The minimum atomic E-state index is -1.02. The zero-order valence-corrected chi connectivity index (χ0v) is 10.1. The van der Waals surface area contributed by atoms with Crippen molar-refractivity contribution >= 4 is 11.6 Å². The molecule has 0 saturated heterocycles. The lowest BCUT2D eigenvalue weighted by atomic mass is 9.82. The van der Waals surface area contributed by atoms with Crippen LogP contribution in [0.25, 0.3) is 0 Å². The molecule has 4 nitrogen and oxygen atoms in total. The van der Waals surface area contributed by atoms with Gasteiger partial charge in [0, 0.05) is 17.2 Å². The lowest BCUT2D eigenvalue weighted by Gasteiger charge is -2.30. The minimum Gasteiger partial charge on any atom is -0.383 e. The third-order valence-corrected chi connectivity index (χ3v) is 3.58. The van der Waals surface area contributed by atoms with Crippen LogP contribution in [-0.4, -0.2) is 17.1 Å². The Kier molecular flexibility index (Phi) is 2.83. The number of nitrogens with two attached hydrogens (primary N) is 1. The van der Waals surface area contributed by atoms with Gasteiger partial charge in [0.15, 0.2) is 0 Å². The van der Waals surface area contributed by atoms with Gasteiger partial charge in [0.1, 0.15) is 5.60 Å². The standard InChI is InChI=1S/C13H18N2O2/c1-8(12(14)16)7-13(17)9(2)15-11-6-4-3-5-10(11)13/h3-6,8-9,15,17H,7H2,1-2H3,(H2,14,16)/t8-,9-,13-/m0/s1. The number of carbonyl (C=O) groups is 1. The zero-order chi connectivity index (χ0) is 12.6. The van der Waals surface area contributed by atoms with Crippen LogP contribution in [0.1, 0.15) is 25.8 Å². The molecule has 1 aromatic rings. The monoisotopic (exact) mass is 234 g/mol. The van der Waals surface area contributed by atoms with Crippen LogP contribution >= 0.6 is 0 Å². The maximum atomic E-state index is 11.1. The van der Waals surface area contributed by atoms with Crippen molar-refractivity contribution in [3.8, 4) is 0 Å². The second-order valence-electron chi connectivity index (χ2n) is 4.84. The molecule has 0 aliphatic carbocycles. The Labute approximate surface area is 101 Å². The number of aliphatic hydroxyl groups is 1. The summed E-state index contributed by atoms with van der Waals surface area (Å²) in [6.45, 7) is 3.65. The summed E-state index contributed by atoms with van der Waals surface area (Å²) in [5.74, 6) is -0.731. The van der Waals surface area contributed by atoms with Crippen LogP contribution in [-0.2, 0) is 10.4 Å². The molecule has 0 aromatic heterocycles. The number of para-hydroxylation sites is 1. The summed E-state index contributed by atoms with van der Waals surface area (Å²) in [5.41, 5.74) is 6.02. The number of primary amides is 1. The van der Waals surface area contributed by atoms with Crippen LogP contribution in [0, 0.1) is 5.92 Å². The minimum absolute atomic E-state index is 0.123. The highest BCUT2D eigenvalue weighted by molar-refractivity contribution is 5.76. The summed E-state index contributed by atoms with van der Waals surface area (Å²) >= 11 is 0. The number of anilines is 1. The Bertz CT molecular complexity index is 447. The summed E-state index contributed by atoms with van der Waals surface area (Å²) in [7, 11) is 0. The predicted molar refractivity (Wildman–Crippen MR) is 66.4 cm³/mol. The van der Waals surface area contributed by atoms with Crippen molar-refractivity contribution in [3.63, 3.8) is 0 Å². The van der Waals surface area contributed by atoms with E-state index in [0.29, 0.717) is 6.42 Å². The third-order valence-electron chi connectivity index (χ3n) is 3.58. The van der Waals surface area contributed by atoms with Gasteiger partial charge in [0.25, 0.3) is 0 Å². The lowest BCUT2D eigenvalue weighted by Crippen LogP contribution is -2.40. The lowest BCUT2D eigenvalue weighted by molar-refractivity contribution is -0.123. The molecule has 0 radical (unpaired) electrons. The third kappa shape index (κ3) is 1.89. The average molecular weight is 234 g/mol. The molecular formula is C13H18N2O2. The molecule has 0 spiro atoms. The van der Waals surface area contributed by atoms with E-state index < -0.39 is 5.60 Å². The summed E-state index contributed by atoms with van der Waals surface area (Å²) in [4.78, 5) is 11.1. The van der Waals surface area contributed by atoms with Gasteiger partial charge >= 0.3 is 0 Å². The summed E-state index contributed by atoms with van der Waals surface area (Å²) in [6.07, 6.45) is 0.341. The smallest absolute Gasteiger partial charge is 0.220 e. The Morgan fingerprint density at radius 2 is 2.24 bits per heavy atom. The molecule has 3 atom stereocenters. The van der Waals surface area contributed by atoms with Gasteiger partial charge in [-0.2, -0.15) is 0 Å². The quantitative estimate of drug-likeness (QED) is 0.735. The zero-order valence-electron chi connectivity index (χ0n) is 10.1. The second-order valence-corrected chi connectivity index (χ2v) is 4.84. The fraction of sp³-hybridized carbons (Fsp3) is 0.462. The molecule has 4 N–H and O–H groups in total. The second kappa shape index (κ2) is 4.04. The number of hydrogen-bond donors (Lipinski definition) is 3. The van der Waals surface area contributed by atoms with Crippen LogP contribution in [0.2, 0.25) is 0 Å². The molecule has 2 rings (SSSR count). The molecule has 4 heteroatoms. The van der Waals surface area contributed by atoms with Gasteiger partial charge in [0.2, 0.25) is 5.91 Å². The first-order valence-corrected chi connectivity index (χ1v) is 5.83. The van der Waals surface area contributed by atoms with Gasteiger partial charge in [-0.25, -0.2) is 0 Å². The number of carbonyl (C=O) groups excluding carboxylic acids is 1. The molecule has 17 heavy (non-hydrogen) atoms. The molecule has 0 unspecified atom stereocenters. The maximum absolute atomic E-state index is 11.1. The number of nitrogens with one attached hydrogen (secondary N) is 1. The van der Waals surface area contributed by atoms with E-state index in [4.69, 9.17) is 5.73 Å². The van der Waals surface area contributed by atoms with E-state index in [2.05, 4.69) is 5.32 Å². The van der Waals surface area contributed by atoms with Gasteiger partial charge in [-0.3, -0.25) is 4.79 Å².